The van der Waals surface area contributed by atoms with Gasteiger partial charge in [-0.05, 0) is 20.3 Å². The zero-order valence-corrected chi connectivity index (χ0v) is 15.5. The Balaban J connectivity index is 1.56. The van der Waals surface area contributed by atoms with E-state index in [-0.39, 0.29) is 0 Å². The van der Waals surface area contributed by atoms with Crippen LogP contribution in [0.4, 0.5) is 5.82 Å². The van der Waals surface area contributed by atoms with E-state index in [9.17, 15) is 0 Å². The monoisotopic (exact) mass is 359 g/mol. The topological polar surface area (TPSA) is 72.9 Å². The standard InChI is InChI=1S/C20H21N7/c1-13-14(2)25-27-18(21-12-19-24-23-17-9-6-10-26(17)19)11-16(22-20(13)27)15-7-4-3-5-8-15/h3-5,7-8,11,21H,6,9-10,12H2,1-2H3. The van der Waals surface area contributed by atoms with Crippen molar-refractivity contribution < 1.29 is 0 Å². The largest absolute Gasteiger partial charge is 0.363 e. The fourth-order valence-electron chi connectivity index (χ4n) is 3.62. The lowest BCUT2D eigenvalue weighted by atomic mass is 10.1. The van der Waals surface area contributed by atoms with Crippen LogP contribution in [0.3, 0.4) is 0 Å². The van der Waals surface area contributed by atoms with E-state index in [4.69, 9.17) is 4.98 Å². The van der Waals surface area contributed by atoms with Crippen LogP contribution >= 0.6 is 0 Å². The highest BCUT2D eigenvalue weighted by Gasteiger charge is 2.18. The summed E-state index contributed by atoms with van der Waals surface area (Å²) < 4.78 is 4.10. The summed E-state index contributed by atoms with van der Waals surface area (Å²) >= 11 is 0. The molecule has 0 spiro atoms. The summed E-state index contributed by atoms with van der Waals surface area (Å²) in [6.07, 6.45) is 2.16. The van der Waals surface area contributed by atoms with Crippen molar-refractivity contribution in [3.05, 3.63) is 59.3 Å². The molecule has 1 aliphatic heterocycles. The fourth-order valence-corrected chi connectivity index (χ4v) is 3.62. The number of nitrogens with one attached hydrogen (secondary N) is 1. The predicted octanol–water partition coefficient (Wildman–Crippen LogP) is 3.16. The van der Waals surface area contributed by atoms with Crippen molar-refractivity contribution in [1.29, 1.82) is 0 Å². The molecule has 0 saturated heterocycles. The lowest BCUT2D eigenvalue weighted by Gasteiger charge is -2.11. The van der Waals surface area contributed by atoms with E-state index in [1.165, 1.54) is 0 Å². The number of hydrogen-bond donors (Lipinski definition) is 1. The smallest absolute Gasteiger partial charge is 0.161 e. The van der Waals surface area contributed by atoms with Crippen LogP contribution < -0.4 is 5.32 Å². The van der Waals surface area contributed by atoms with Crippen LogP contribution in [-0.2, 0) is 19.5 Å². The maximum atomic E-state index is 4.86. The van der Waals surface area contributed by atoms with Crippen LogP contribution in [-0.4, -0.2) is 29.4 Å². The second kappa shape index (κ2) is 6.19. The first kappa shape index (κ1) is 16.0. The van der Waals surface area contributed by atoms with E-state index >= 15 is 0 Å². The van der Waals surface area contributed by atoms with Gasteiger partial charge < -0.3 is 9.88 Å². The number of fused-ring (bicyclic) bond motifs is 2. The van der Waals surface area contributed by atoms with Gasteiger partial charge in [0, 0.05) is 30.2 Å². The van der Waals surface area contributed by atoms with Gasteiger partial charge in [0.1, 0.15) is 11.6 Å². The van der Waals surface area contributed by atoms with Crippen molar-refractivity contribution in [2.75, 3.05) is 5.32 Å². The highest BCUT2D eigenvalue weighted by molar-refractivity contribution is 5.68. The molecular weight excluding hydrogens is 338 g/mol. The summed E-state index contributed by atoms with van der Waals surface area (Å²) in [5.41, 5.74) is 4.98. The van der Waals surface area contributed by atoms with Gasteiger partial charge in [-0.2, -0.15) is 9.61 Å². The van der Waals surface area contributed by atoms with Gasteiger partial charge in [0.25, 0.3) is 0 Å². The number of aromatic nitrogens is 6. The number of rotatable bonds is 4. The van der Waals surface area contributed by atoms with Crippen molar-refractivity contribution in [1.82, 2.24) is 29.4 Å². The van der Waals surface area contributed by atoms with Gasteiger partial charge in [0.05, 0.1) is 17.9 Å². The highest BCUT2D eigenvalue weighted by Crippen LogP contribution is 2.25. The second-order valence-electron chi connectivity index (χ2n) is 6.98. The van der Waals surface area contributed by atoms with E-state index in [1.807, 2.05) is 29.6 Å². The lowest BCUT2D eigenvalue weighted by Crippen LogP contribution is -2.11. The molecule has 27 heavy (non-hydrogen) atoms. The number of hydrogen-bond acceptors (Lipinski definition) is 5. The molecule has 7 nitrogen and oxygen atoms in total. The van der Waals surface area contributed by atoms with Crippen LogP contribution in [0.1, 0.15) is 29.3 Å². The van der Waals surface area contributed by atoms with Gasteiger partial charge in [-0.25, -0.2) is 4.98 Å². The van der Waals surface area contributed by atoms with Crippen LogP contribution in [0.5, 0.6) is 0 Å². The summed E-state index contributed by atoms with van der Waals surface area (Å²) in [6, 6.07) is 12.3. The zero-order chi connectivity index (χ0) is 18.4. The Morgan fingerprint density at radius 1 is 1.11 bits per heavy atom. The number of aryl methyl sites for hydroxylation is 3. The second-order valence-corrected chi connectivity index (χ2v) is 6.98. The van der Waals surface area contributed by atoms with E-state index in [0.717, 1.165) is 65.0 Å². The van der Waals surface area contributed by atoms with Gasteiger partial charge in [-0.15, -0.1) is 10.2 Å². The summed E-state index contributed by atoms with van der Waals surface area (Å²) in [4.78, 5) is 4.86. The maximum absolute atomic E-state index is 4.86. The van der Waals surface area contributed by atoms with Crippen LogP contribution in [0, 0.1) is 13.8 Å². The molecule has 0 fully saturated rings. The summed E-state index contributed by atoms with van der Waals surface area (Å²) in [6.45, 7) is 5.69. The molecule has 0 unspecified atom stereocenters. The van der Waals surface area contributed by atoms with Crippen LogP contribution in [0.25, 0.3) is 16.9 Å². The molecule has 7 heteroatoms. The molecule has 0 radical (unpaired) electrons. The Morgan fingerprint density at radius 3 is 2.81 bits per heavy atom. The summed E-state index contributed by atoms with van der Waals surface area (Å²) in [5, 5.41) is 16.8. The normalized spacial score (nSPS) is 13.3. The minimum Gasteiger partial charge on any atom is -0.363 e. The molecule has 5 rings (SSSR count). The third-order valence-electron chi connectivity index (χ3n) is 5.24. The molecule has 0 atom stereocenters. The van der Waals surface area contributed by atoms with E-state index in [2.05, 4.69) is 50.3 Å². The van der Waals surface area contributed by atoms with Gasteiger partial charge in [0.15, 0.2) is 11.5 Å². The Bertz CT molecular complexity index is 1120. The first-order valence-electron chi connectivity index (χ1n) is 9.28. The maximum Gasteiger partial charge on any atom is 0.161 e. The molecule has 0 saturated carbocycles. The third-order valence-corrected chi connectivity index (χ3v) is 5.24. The first-order chi connectivity index (χ1) is 13.2. The molecule has 1 aliphatic rings. The van der Waals surface area contributed by atoms with Crippen molar-refractivity contribution in [3.8, 4) is 11.3 Å². The van der Waals surface area contributed by atoms with Gasteiger partial charge >= 0.3 is 0 Å². The molecule has 1 N–H and O–H groups in total. The van der Waals surface area contributed by atoms with Crippen molar-refractivity contribution in [3.63, 3.8) is 0 Å². The molecule has 0 amide bonds. The van der Waals surface area contributed by atoms with Crippen LogP contribution in [0.15, 0.2) is 36.4 Å². The molecule has 4 aromatic rings. The molecule has 0 bridgehead atoms. The molecule has 1 aromatic carbocycles. The van der Waals surface area contributed by atoms with Crippen LogP contribution in [0.2, 0.25) is 0 Å². The minimum absolute atomic E-state index is 0.609. The Labute approximate surface area is 157 Å². The lowest BCUT2D eigenvalue weighted by molar-refractivity contribution is 0.694. The highest BCUT2D eigenvalue weighted by atomic mass is 15.3. The van der Waals surface area contributed by atoms with Crippen molar-refractivity contribution in [2.24, 2.45) is 0 Å². The zero-order valence-electron chi connectivity index (χ0n) is 15.5. The molecule has 4 heterocycles. The van der Waals surface area contributed by atoms with Gasteiger partial charge in [-0.3, -0.25) is 0 Å². The molecule has 136 valence electrons. The van der Waals surface area contributed by atoms with Gasteiger partial charge in [0.2, 0.25) is 0 Å². The minimum atomic E-state index is 0.609. The average Bonchev–Trinajstić information content (AvgIpc) is 3.37. The van der Waals surface area contributed by atoms with E-state index < -0.39 is 0 Å². The average molecular weight is 359 g/mol. The third kappa shape index (κ3) is 2.66. The van der Waals surface area contributed by atoms with E-state index in [0.29, 0.717) is 6.54 Å². The Morgan fingerprint density at radius 2 is 1.96 bits per heavy atom. The molecular formula is C20H21N7. The number of anilines is 1. The van der Waals surface area contributed by atoms with E-state index in [1.54, 1.807) is 0 Å². The quantitative estimate of drug-likeness (QED) is 0.606. The van der Waals surface area contributed by atoms with Crippen molar-refractivity contribution in [2.45, 2.75) is 39.8 Å². The summed E-state index contributed by atoms with van der Waals surface area (Å²) in [7, 11) is 0. The van der Waals surface area contributed by atoms with Crippen molar-refractivity contribution >= 4 is 11.5 Å². The fraction of sp³-hybridized carbons (Fsp3) is 0.300. The van der Waals surface area contributed by atoms with Gasteiger partial charge in [-0.1, -0.05) is 30.3 Å². The Kier molecular flexibility index (Phi) is 3.67. The Hall–Kier alpha value is -3.22. The molecule has 0 aliphatic carbocycles. The SMILES string of the molecule is Cc1nn2c(NCc3nnc4n3CCC4)cc(-c3ccccc3)nc2c1C. The number of benzene rings is 1. The summed E-state index contributed by atoms with van der Waals surface area (Å²) in [5.74, 6) is 2.96. The first-order valence-corrected chi connectivity index (χ1v) is 9.28. The predicted molar refractivity (Wildman–Crippen MR) is 104 cm³/mol. The number of nitrogens with zero attached hydrogens (tertiary/aromatic N) is 6. The molecule has 3 aromatic heterocycles.